The third-order valence-electron chi connectivity index (χ3n) is 5.32. The molecule has 0 aromatic heterocycles. The van der Waals surface area contributed by atoms with Crippen LogP contribution in [0.1, 0.15) is 22.3 Å². The number of rotatable bonds is 7. The van der Waals surface area contributed by atoms with Crippen molar-refractivity contribution in [3.05, 3.63) is 98.7 Å². The van der Waals surface area contributed by atoms with Crippen molar-refractivity contribution >= 4 is 41.2 Å². The zero-order valence-corrected chi connectivity index (χ0v) is 20.1. The molecule has 3 aromatic carbocycles. The number of aryl methyl sites for hydroxylation is 1. The van der Waals surface area contributed by atoms with E-state index in [4.69, 9.17) is 32.7 Å². The summed E-state index contributed by atoms with van der Waals surface area (Å²) < 4.78 is 11.3. The van der Waals surface area contributed by atoms with E-state index in [0.717, 1.165) is 16.7 Å². The molecule has 4 rings (SSSR count). The first-order chi connectivity index (χ1) is 16.3. The van der Waals surface area contributed by atoms with E-state index in [-0.39, 0.29) is 24.8 Å². The van der Waals surface area contributed by atoms with Gasteiger partial charge in [0.15, 0.2) is 11.5 Å². The number of nitrogens with one attached hydrogen (secondary N) is 1. The Labute approximate surface area is 207 Å². The molecule has 0 atom stereocenters. The first-order valence-electron chi connectivity index (χ1n) is 10.5. The molecule has 0 bridgehead atoms. The van der Waals surface area contributed by atoms with E-state index >= 15 is 0 Å². The second-order valence-corrected chi connectivity index (χ2v) is 8.64. The molecule has 0 aliphatic carbocycles. The summed E-state index contributed by atoms with van der Waals surface area (Å²) in [4.78, 5) is 26.4. The van der Waals surface area contributed by atoms with Gasteiger partial charge in [-0.3, -0.25) is 9.69 Å². The topological polar surface area (TPSA) is 67.9 Å². The van der Waals surface area contributed by atoms with Crippen molar-refractivity contribution in [3.63, 3.8) is 0 Å². The number of urea groups is 1. The molecule has 1 heterocycles. The highest BCUT2D eigenvalue weighted by Gasteiger charge is 2.33. The summed E-state index contributed by atoms with van der Waals surface area (Å²) in [6.07, 6.45) is 1.61. The molecule has 34 heavy (non-hydrogen) atoms. The number of hydrogen-bond acceptors (Lipinski definition) is 4. The van der Waals surface area contributed by atoms with Crippen LogP contribution in [0.25, 0.3) is 6.08 Å². The Morgan fingerprint density at radius 1 is 0.971 bits per heavy atom. The lowest BCUT2D eigenvalue weighted by atomic mass is 10.1. The summed E-state index contributed by atoms with van der Waals surface area (Å²) in [5, 5.41) is 3.71. The molecule has 3 amide bonds. The van der Waals surface area contributed by atoms with Gasteiger partial charge >= 0.3 is 6.03 Å². The maximum Gasteiger partial charge on any atom is 0.329 e. The van der Waals surface area contributed by atoms with E-state index < -0.39 is 6.03 Å². The number of methoxy groups -OCH3 is 1. The molecule has 1 aliphatic heterocycles. The molecule has 0 spiro atoms. The van der Waals surface area contributed by atoms with Crippen LogP contribution in [0.5, 0.6) is 11.5 Å². The van der Waals surface area contributed by atoms with Crippen LogP contribution in [-0.4, -0.2) is 23.9 Å². The van der Waals surface area contributed by atoms with Crippen LogP contribution in [0.4, 0.5) is 4.79 Å². The first kappa shape index (κ1) is 23.7. The third-order valence-corrected chi connectivity index (χ3v) is 5.91. The van der Waals surface area contributed by atoms with Gasteiger partial charge in [0.05, 0.1) is 13.7 Å². The molecule has 1 aliphatic rings. The smallest absolute Gasteiger partial charge is 0.329 e. The van der Waals surface area contributed by atoms with Gasteiger partial charge in [-0.1, -0.05) is 65.2 Å². The molecule has 0 unspecified atom stereocenters. The van der Waals surface area contributed by atoms with Gasteiger partial charge in [0.2, 0.25) is 0 Å². The predicted molar refractivity (Wildman–Crippen MR) is 132 cm³/mol. The Morgan fingerprint density at radius 2 is 1.74 bits per heavy atom. The number of imide groups is 1. The number of nitrogens with zero attached hydrogens (tertiary/aromatic N) is 1. The van der Waals surface area contributed by atoms with Gasteiger partial charge in [-0.25, -0.2) is 4.79 Å². The highest BCUT2D eigenvalue weighted by atomic mass is 35.5. The molecule has 1 N–H and O–H groups in total. The number of amides is 3. The summed E-state index contributed by atoms with van der Waals surface area (Å²) >= 11 is 12.2. The van der Waals surface area contributed by atoms with Gasteiger partial charge in [-0.2, -0.15) is 0 Å². The minimum atomic E-state index is -0.455. The number of halogens is 2. The minimum absolute atomic E-state index is 0.195. The van der Waals surface area contributed by atoms with Gasteiger partial charge in [-0.15, -0.1) is 0 Å². The number of benzene rings is 3. The van der Waals surface area contributed by atoms with Gasteiger partial charge in [-0.05, 0) is 48.4 Å². The van der Waals surface area contributed by atoms with E-state index in [1.807, 2.05) is 31.2 Å². The minimum Gasteiger partial charge on any atom is -0.493 e. The lowest BCUT2D eigenvalue weighted by Gasteiger charge is -2.13. The van der Waals surface area contributed by atoms with Gasteiger partial charge < -0.3 is 14.8 Å². The Kier molecular flexibility index (Phi) is 7.10. The van der Waals surface area contributed by atoms with Crippen LogP contribution in [-0.2, 0) is 17.9 Å². The maximum absolute atomic E-state index is 12.8. The Balaban J connectivity index is 1.48. The van der Waals surface area contributed by atoms with Crippen LogP contribution in [0.15, 0.2) is 66.4 Å². The molecule has 174 valence electrons. The fourth-order valence-electron chi connectivity index (χ4n) is 3.45. The fraction of sp³-hybridized carbons (Fsp3) is 0.154. The predicted octanol–water partition coefficient (Wildman–Crippen LogP) is 5.98. The second kappa shape index (κ2) is 10.2. The highest BCUT2D eigenvalue weighted by Crippen LogP contribution is 2.31. The monoisotopic (exact) mass is 496 g/mol. The van der Waals surface area contributed by atoms with Crippen LogP contribution in [0, 0.1) is 6.92 Å². The molecule has 6 nitrogen and oxygen atoms in total. The number of ether oxygens (including phenoxy) is 2. The lowest BCUT2D eigenvalue weighted by Crippen LogP contribution is -2.30. The van der Waals surface area contributed by atoms with Crippen molar-refractivity contribution in [1.29, 1.82) is 0 Å². The zero-order chi connectivity index (χ0) is 24.2. The zero-order valence-electron chi connectivity index (χ0n) is 18.6. The van der Waals surface area contributed by atoms with E-state index in [0.29, 0.717) is 27.1 Å². The summed E-state index contributed by atoms with van der Waals surface area (Å²) in [6.45, 7) is 2.41. The Hall–Kier alpha value is -3.48. The largest absolute Gasteiger partial charge is 0.493 e. The first-order valence-corrected chi connectivity index (χ1v) is 11.2. The van der Waals surface area contributed by atoms with E-state index in [2.05, 4.69) is 5.32 Å². The molecule has 8 heteroatoms. The van der Waals surface area contributed by atoms with Gasteiger partial charge in [0, 0.05) is 15.6 Å². The quantitative estimate of drug-likeness (QED) is 0.322. The van der Waals surface area contributed by atoms with Crippen LogP contribution in [0.2, 0.25) is 10.0 Å². The van der Waals surface area contributed by atoms with Gasteiger partial charge in [0.1, 0.15) is 12.3 Å². The van der Waals surface area contributed by atoms with E-state index in [1.165, 1.54) is 12.0 Å². The van der Waals surface area contributed by atoms with Crippen molar-refractivity contribution in [2.45, 2.75) is 20.1 Å². The van der Waals surface area contributed by atoms with Crippen LogP contribution >= 0.6 is 23.2 Å². The molecular formula is C26H22Cl2N2O4. The molecule has 0 saturated carbocycles. The molecule has 1 fully saturated rings. The van der Waals surface area contributed by atoms with Gasteiger partial charge in [0.25, 0.3) is 5.91 Å². The number of carbonyl (C=O) groups excluding carboxylic acids is 2. The van der Waals surface area contributed by atoms with E-state index in [9.17, 15) is 9.59 Å². The summed E-state index contributed by atoms with van der Waals surface area (Å²) in [5.74, 6) is 0.605. The molecule has 3 aromatic rings. The second-order valence-electron chi connectivity index (χ2n) is 7.80. The standard InChI is InChI=1S/C26H22Cl2N2O4/c1-16-3-5-17(6-4-16)14-30-25(31)22(29-26(30)32)11-18-7-10-23(24(12-18)33-2)34-15-19-8-9-20(27)13-21(19)28/h3-13H,14-15H2,1-2H3,(H,29,32)/b22-11+. The van der Waals surface area contributed by atoms with Crippen LogP contribution in [0.3, 0.4) is 0 Å². The molecule has 0 radical (unpaired) electrons. The van der Waals surface area contributed by atoms with E-state index in [1.54, 1.807) is 42.5 Å². The van der Waals surface area contributed by atoms with Crippen molar-refractivity contribution in [2.75, 3.05) is 7.11 Å². The Morgan fingerprint density at radius 3 is 2.44 bits per heavy atom. The maximum atomic E-state index is 12.8. The van der Waals surface area contributed by atoms with Crippen LogP contribution < -0.4 is 14.8 Å². The van der Waals surface area contributed by atoms with Crippen molar-refractivity contribution in [1.82, 2.24) is 10.2 Å². The number of hydrogen-bond donors (Lipinski definition) is 1. The van der Waals surface area contributed by atoms with Crippen molar-refractivity contribution in [3.8, 4) is 11.5 Å². The van der Waals surface area contributed by atoms with Crippen molar-refractivity contribution in [2.24, 2.45) is 0 Å². The summed E-state index contributed by atoms with van der Waals surface area (Å²) in [7, 11) is 1.53. The average molecular weight is 497 g/mol. The normalized spacial score (nSPS) is 14.5. The SMILES string of the molecule is COc1cc(/C=C2/NC(=O)N(Cc3ccc(C)cc3)C2=O)ccc1OCc1ccc(Cl)cc1Cl. The average Bonchev–Trinajstić information content (AvgIpc) is 3.07. The number of carbonyl (C=O) groups is 2. The fourth-order valence-corrected chi connectivity index (χ4v) is 3.91. The van der Waals surface area contributed by atoms with Crippen molar-refractivity contribution < 1.29 is 19.1 Å². The summed E-state index contributed by atoms with van der Waals surface area (Å²) in [5.41, 5.74) is 3.64. The molecule has 1 saturated heterocycles. The lowest BCUT2D eigenvalue weighted by molar-refractivity contribution is -0.123. The Bertz CT molecular complexity index is 1270. The highest BCUT2D eigenvalue weighted by molar-refractivity contribution is 6.35. The molecular weight excluding hydrogens is 475 g/mol. The summed E-state index contributed by atoms with van der Waals surface area (Å²) in [6, 6.07) is 17.7. The third kappa shape index (κ3) is 5.35.